The van der Waals surface area contributed by atoms with Crippen LogP contribution in [-0.2, 0) is 0 Å². The molecule has 2 aromatic heterocycles. The Labute approximate surface area is 103 Å². The van der Waals surface area contributed by atoms with Gasteiger partial charge in [-0.1, -0.05) is 13.8 Å². The van der Waals surface area contributed by atoms with Gasteiger partial charge in [-0.05, 0) is 24.1 Å². The molecule has 0 radical (unpaired) electrons. The maximum Gasteiger partial charge on any atom is 0.281 e. The van der Waals surface area contributed by atoms with E-state index in [0.29, 0.717) is 11.1 Å². The highest BCUT2D eigenvalue weighted by atomic mass is 35.5. The number of halogens is 3. The molecule has 17 heavy (non-hydrogen) atoms. The summed E-state index contributed by atoms with van der Waals surface area (Å²) in [5, 5.41) is 0.284. The molecule has 0 aliphatic carbocycles. The highest BCUT2D eigenvalue weighted by molar-refractivity contribution is 6.28. The van der Waals surface area contributed by atoms with Gasteiger partial charge < -0.3 is 0 Å². The molecule has 2 aromatic rings. The summed E-state index contributed by atoms with van der Waals surface area (Å²) in [6, 6.07) is 0. The molecule has 6 heteroatoms. The zero-order valence-corrected chi connectivity index (χ0v) is 10.5. The highest BCUT2D eigenvalue weighted by Gasteiger charge is 2.15. The van der Waals surface area contributed by atoms with Gasteiger partial charge in [0.25, 0.3) is 6.43 Å². The third-order valence-electron chi connectivity index (χ3n) is 2.01. The molecule has 0 fully saturated rings. The van der Waals surface area contributed by atoms with Gasteiger partial charge in [0.15, 0.2) is 0 Å². The van der Waals surface area contributed by atoms with E-state index in [0.717, 1.165) is 0 Å². The number of rotatable bonds is 1. The highest BCUT2D eigenvalue weighted by Crippen LogP contribution is 2.26. The lowest BCUT2D eigenvalue weighted by molar-refractivity contribution is 0.148. The number of alkyl halides is 2. The molecule has 0 saturated heterocycles. The Balaban J connectivity index is 0.000000686. The lowest BCUT2D eigenvalue weighted by Gasteiger charge is -2.05. The maximum absolute atomic E-state index is 12.6. The predicted octanol–water partition coefficient (Wildman–Crippen LogP) is 3.95. The van der Waals surface area contributed by atoms with Crippen molar-refractivity contribution in [1.29, 1.82) is 0 Å². The molecule has 0 spiro atoms. The van der Waals surface area contributed by atoms with Crippen LogP contribution in [0.25, 0.3) is 10.9 Å². The van der Waals surface area contributed by atoms with Gasteiger partial charge >= 0.3 is 0 Å². The largest absolute Gasteiger partial charge is 0.281 e. The predicted molar refractivity (Wildman–Crippen MR) is 63.4 cm³/mol. The van der Waals surface area contributed by atoms with Gasteiger partial charge in [0.1, 0.15) is 5.69 Å². The monoisotopic (exact) mass is 259 g/mol. The van der Waals surface area contributed by atoms with Crippen LogP contribution in [0.15, 0.2) is 12.4 Å². The minimum absolute atomic E-state index is 0.0389. The van der Waals surface area contributed by atoms with Gasteiger partial charge in [0, 0.05) is 17.8 Å². The van der Waals surface area contributed by atoms with E-state index in [1.54, 1.807) is 6.92 Å². The fourth-order valence-corrected chi connectivity index (χ4v) is 1.45. The van der Waals surface area contributed by atoms with E-state index >= 15 is 0 Å². The van der Waals surface area contributed by atoms with Crippen LogP contribution in [0.1, 0.15) is 31.5 Å². The van der Waals surface area contributed by atoms with Gasteiger partial charge in [0.05, 0.1) is 5.52 Å². The van der Waals surface area contributed by atoms with Crippen molar-refractivity contribution in [3.8, 4) is 0 Å². The number of hydrogen-bond acceptors (Lipinski definition) is 3. The minimum Gasteiger partial charge on any atom is -0.254 e. The molecule has 2 heterocycles. The van der Waals surface area contributed by atoms with Crippen LogP contribution in [0.4, 0.5) is 8.78 Å². The Morgan fingerprint density at radius 1 is 1.18 bits per heavy atom. The molecule has 0 bridgehead atoms. The average Bonchev–Trinajstić information content (AvgIpc) is 2.32. The zero-order chi connectivity index (χ0) is 13.0. The quantitative estimate of drug-likeness (QED) is 0.728. The van der Waals surface area contributed by atoms with Gasteiger partial charge in [0.2, 0.25) is 5.28 Å². The first kappa shape index (κ1) is 13.7. The summed E-state index contributed by atoms with van der Waals surface area (Å²) in [4.78, 5) is 11.2. The first-order chi connectivity index (χ1) is 8.09. The fourth-order valence-electron chi connectivity index (χ4n) is 1.32. The van der Waals surface area contributed by atoms with E-state index < -0.39 is 6.43 Å². The Kier molecular flexibility index (Phi) is 4.69. The molecule has 3 nitrogen and oxygen atoms in total. The Morgan fingerprint density at radius 3 is 2.41 bits per heavy atom. The summed E-state index contributed by atoms with van der Waals surface area (Å²) in [5.41, 5.74) is 0.797. The van der Waals surface area contributed by atoms with E-state index in [4.69, 9.17) is 11.6 Å². The van der Waals surface area contributed by atoms with Gasteiger partial charge in [-0.2, -0.15) is 0 Å². The number of nitrogens with zero attached hydrogens (tertiary/aromatic N) is 3. The summed E-state index contributed by atoms with van der Waals surface area (Å²) < 4.78 is 25.2. The van der Waals surface area contributed by atoms with Crippen LogP contribution < -0.4 is 0 Å². The summed E-state index contributed by atoms with van der Waals surface area (Å²) >= 11 is 5.59. The van der Waals surface area contributed by atoms with Gasteiger partial charge in [-0.25, -0.2) is 18.7 Å². The van der Waals surface area contributed by atoms with Crippen LogP contribution in [0.3, 0.4) is 0 Å². The third kappa shape index (κ3) is 2.85. The number of aromatic nitrogens is 3. The second kappa shape index (κ2) is 5.82. The molecule has 0 unspecified atom stereocenters. The van der Waals surface area contributed by atoms with E-state index in [1.807, 2.05) is 13.8 Å². The summed E-state index contributed by atoms with van der Waals surface area (Å²) in [5.74, 6) is 0. The standard InChI is InChI=1S/C9H6ClF2N3.C2H6/c1-4-2-13-7(8(11)12)5-3-14-9(10)15-6(4)5;1-2/h2-3,8H,1H3;1-2H3. The van der Waals surface area contributed by atoms with E-state index in [1.165, 1.54) is 12.4 Å². The molecule has 2 rings (SSSR count). The van der Waals surface area contributed by atoms with Gasteiger partial charge in [-0.15, -0.1) is 0 Å². The number of aryl methyl sites for hydroxylation is 1. The summed E-state index contributed by atoms with van der Waals surface area (Å²) in [6.45, 7) is 5.73. The first-order valence-electron chi connectivity index (χ1n) is 5.15. The lowest BCUT2D eigenvalue weighted by Crippen LogP contribution is -1.96. The van der Waals surface area contributed by atoms with E-state index in [2.05, 4.69) is 15.0 Å². The van der Waals surface area contributed by atoms with Crippen molar-refractivity contribution < 1.29 is 8.78 Å². The maximum atomic E-state index is 12.6. The van der Waals surface area contributed by atoms with Gasteiger partial charge in [-0.3, -0.25) is 4.98 Å². The Morgan fingerprint density at radius 2 is 1.82 bits per heavy atom. The minimum atomic E-state index is -2.64. The topological polar surface area (TPSA) is 38.7 Å². The van der Waals surface area contributed by atoms with Crippen LogP contribution >= 0.6 is 11.6 Å². The number of pyridine rings is 1. The molecule has 0 N–H and O–H groups in total. The van der Waals surface area contributed by atoms with Crippen LogP contribution in [0.5, 0.6) is 0 Å². The van der Waals surface area contributed by atoms with Crippen LogP contribution in [0, 0.1) is 6.92 Å². The molecule has 92 valence electrons. The van der Waals surface area contributed by atoms with Crippen molar-refractivity contribution in [2.24, 2.45) is 0 Å². The molecular weight excluding hydrogens is 248 g/mol. The Bertz CT molecular complexity index is 517. The SMILES string of the molecule is CC.Cc1cnc(C(F)F)c2cnc(Cl)nc12. The Hall–Kier alpha value is -1.36. The van der Waals surface area contributed by atoms with Crippen molar-refractivity contribution >= 4 is 22.5 Å². The smallest absolute Gasteiger partial charge is 0.254 e. The summed E-state index contributed by atoms with van der Waals surface area (Å²) in [6.07, 6.45) is -0.0165. The molecular formula is C11H12ClF2N3. The van der Waals surface area contributed by atoms with Crippen molar-refractivity contribution in [1.82, 2.24) is 15.0 Å². The molecule has 0 aromatic carbocycles. The van der Waals surface area contributed by atoms with Crippen LogP contribution in [0.2, 0.25) is 5.28 Å². The fraction of sp³-hybridized carbons (Fsp3) is 0.364. The van der Waals surface area contributed by atoms with E-state index in [-0.39, 0.29) is 16.4 Å². The van der Waals surface area contributed by atoms with Crippen molar-refractivity contribution in [3.05, 3.63) is 28.9 Å². The molecule has 0 aliphatic rings. The third-order valence-corrected chi connectivity index (χ3v) is 2.19. The number of fused-ring (bicyclic) bond motifs is 1. The summed E-state index contributed by atoms with van der Waals surface area (Å²) in [7, 11) is 0. The molecule has 0 atom stereocenters. The molecule has 0 aliphatic heterocycles. The number of hydrogen-bond donors (Lipinski definition) is 0. The van der Waals surface area contributed by atoms with Crippen molar-refractivity contribution in [2.45, 2.75) is 27.2 Å². The van der Waals surface area contributed by atoms with E-state index in [9.17, 15) is 8.78 Å². The zero-order valence-electron chi connectivity index (χ0n) is 9.71. The second-order valence-corrected chi connectivity index (χ2v) is 3.37. The van der Waals surface area contributed by atoms with Crippen molar-refractivity contribution in [3.63, 3.8) is 0 Å². The normalized spacial score (nSPS) is 10.3. The average molecular weight is 260 g/mol. The first-order valence-corrected chi connectivity index (χ1v) is 5.53. The second-order valence-electron chi connectivity index (χ2n) is 3.03. The molecule has 0 amide bonds. The molecule has 0 saturated carbocycles. The van der Waals surface area contributed by atoms with Crippen molar-refractivity contribution in [2.75, 3.05) is 0 Å². The lowest BCUT2D eigenvalue weighted by atomic mass is 10.2. The van der Waals surface area contributed by atoms with Crippen LogP contribution in [-0.4, -0.2) is 15.0 Å².